The first-order valence-corrected chi connectivity index (χ1v) is 10.4. The van der Waals surface area contributed by atoms with E-state index in [4.69, 9.17) is 14.2 Å². The van der Waals surface area contributed by atoms with Crippen molar-refractivity contribution in [1.29, 1.82) is 0 Å². The molecule has 0 radical (unpaired) electrons. The van der Waals surface area contributed by atoms with Gasteiger partial charge in [-0.3, -0.25) is 9.59 Å². The predicted molar refractivity (Wildman–Crippen MR) is 111 cm³/mol. The standard InChI is InChI=1S/C22H30N2O7/c1-22(2,3)31-21(28)18(26)19-20(27)24(9-12-30-19)16-6-4-5-15(13-16)14-17(25)23-7-10-29-11-8-23/h4-6,13,18-19,26H,7-12,14H2,1-3H3/t18-,19-/m1/s1. The summed E-state index contributed by atoms with van der Waals surface area (Å²) in [6.45, 7) is 7.69. The van der Waals surface area contributed by atoms with Crippen LogP contribution in [0.2, 0.25) is 0 Å². The van der Waals surface area contributed by atoms with Gasteiger partial charge in [0.25, 0.3) is 5.91 Å². The molecule has 2 amide bonds. The Morgan fingerprint density at radius 2 is 1.90 bits per heavy atom. The predicted octanol–water partition coefficient (Wildman–Crippen LogP) is 0.522. The molecule has 170 valence electrons. The lowest BCUT2D eigenvalue weighted by atomic mass is 10.1. The number of aliphatic hydroxyl groups is 1. The van der Waals surface area contributed by atoms with Crippen LogP contribution in [0.5, 0.6) is 0 Å². The largest absolute Gasteiger partial charge is 0.458 e. The maximum Gasteiger partial charge on any atom is 0.338 e. The van der Waals surface area contributed by atoms with E-state index in [-0.39, 0.29) is 25.5 Å². The molecule has 0 bridgehead atoms. The van der Waals surface area contributed by atoms with Gasteiger partial charge in [0.05, 0.1) is 26.2 Å². The molecule has 31 heavy (non-hydrogen) atoms. The number of aliphatic hydroxyl groups excluding tert-OH is 1. The highest BCUT2D eigenvalue weighted by atomic mass is 16.6. The van der Waals surface area contributed by atoms with Crippen LogP contribution in [0.15, 0.2) is 24.3 Å². The van der Waals surface area contributed by atoms with Gasteiger partial charge in [-0.05, 0) is 38.5 Å². The smallest absolute Gasteiger partial charge is 0.338 e. The van der Waals surface area contributed by atoms with E-state index < -0.39 is 29.7 Å². The zero-order chi connectivity index (χ0) is 22.6. The van der Waals surface area contributed by atoms with Crippen molar-refractivity contribution in [3.05, 3.63) is 29.8 Å². The molecule has 0 saturated carbocycles. The maximum absolute atomic E-state index is 13.0. The van der Waals surface area contributed by atoms with Gasteiger partial charge < -0.3 is 29.1 Å². The number of esters is 1. The molecule has 2 aliphatic heterocycles. The average molecular weight is 434 g/mol. The second-order valence-corrected chi connectivity index (χ2v) is 8.60. The molecule has 0 aromatic heterocycles. The Morgan fingerprint density at radius 3 is 2.58 bits per heavy atom. The zero-order valence-electron chi connectivity index (χ0n) is 18.2. The third-order valence-electron chi connectivity index (χ3n) is 5.00. The highest BCUT2D eigenvalue weighted by Crippen LogP contribution is 2.23. The first kappa shape index (κ1) is 23.2. The molecule has 2 saturated heterocycles. The Bertz CT molecular complexity index is 814. The Labute approximate surface area is 181 Å². The van der Waals surface area contributed by atoms with Crippen LogP contribution in [0.25, 0.3) is 0 Å². The molecule has 3 rings (SSSR count). The molecule has 2 aliphatic rings. The number of benzene rings is 1. The van der Waals surface area contributed by atoms with Crippen molar-refractivity contribution in [1.82, 2.24) is 4.90 Å². The first-order chi connectivity index (χ1) is 14.7. The summed E-state index contributed by atoms with van der Waals surface area (Å²) in [6, 6.07) is 7.14. The van der Waals surface area contributed by atoms with E-state index in [1.807, 2.05) is 6.07 Å². The lowest BCUT2D eigenvalue weighted by molar-refractivity contribution is -0.177. The number of anilines is 1. The lowest BCUT2D eigenvalue weighted by Gasteiger charge is -2.34. The van der Waals surface area contributed by atoms with Gasteiger partial charge in [0, 0.05) is 25.3 Å². The molecule has 2 atom stereocenters. The first-order valence-electron chi connectivity index (χ1n) is 10.4. The maximum atomic E-state index is 13.0. The van der Waals surface area contributed by atoms with Crippen LogP contribution in [-0.4, -0.2) is 85.1 Å². The third-order valence-corrected chi connectivity index (χ3v) is 5.00. The van der Waals surface area contributed by atoms with Gasteiger partial charge in [0.15, 0.2) is 12.2 Å². The van der Waals surface area contributed by atoms with Crippen LogP contribution in [-0.2, 0) is 35.0 Å². The van der Waals surface area contributed by atoms with Crippen molar-refractivity contribution in [3.8, 4) is 0 Å². The quantitative estimate of drug-likeness (QED) is 0.674. The van der Waals surface area contributed by atoms with Gasteiger partial charge in [-0.15, -0.1) is 0 Å². The van der Waals surface area contributed by atoms with E-state index >= 15 is 0 Å². The van der Waals surface area contributed by atoms with Gasteiger partial charge in [0.1, 0.15) is 5.60 Å². The topological polar surface area (TPSA) is 106 Å². The fourth-order valence-electron chi connectivity index (χ4n) is 3.51. The van der Waals surface area contributed by atoms with E-state index in [1.54, 1.807) is 43.9 Å². The molecule has 0 unspecified atom stereocenters. The van der Waals surface area contributed by atoms with E-state index in [0.29, 0.717) is 32.0 Å². The van der Waals surface area contributed by atoms with Crippen molar-refractivity contribution in [2.75, 3.05) is 44.4 Å². The van der Waals surface area contributed by atoms with Gasteiger partial charge in [0.2, 0.25) is 5.91 Å². The van der Waals surface area contributed by atoms with E-state index in [1.165, 1.54) is 4.90 Å². The van der Waals surface area contributed by atoms with Crippen LogP contribution in [0.4, 0.5) is 5.69 Å². The monoisotopic (exact) mass is 434 g/mol. The van der Waals surface area contributed by atoms with Crippen molar-refractivity contribution in [2.45, 2.75) is 45.0 Å². The summed E-state index contributed by atoms with van der Waals surface area (Å²) < 4.78 is 15.9. The molecular formula is C22H30N2O7. The van der Waals surface area contributed by atoms with E-state index in [2.05, 4.69) is 0 Å². The van der Waals surface area contributed by atoms with Crippen molar-refractivity contribution in [2.24, 2.45) is 0 Å². The number of rotatable bonds is 5. The molecular weight excluding hydrogens is 404 g/mol. The fourth-order valence-corrected chi connectivity index (χ4v) is 3.51. The Kier molecular flexibility index (Phi) is 7.30. The fraction of sp³-hybridized carbons (Fsp3) is 0.591. The highest BCUT2D eigenvalue weighted by molar-refractivity contribution is 6.00. The Morgan fingerprint density at radius 1 is 1.19 bits per heavy atom. The van der Waals surface area contributed by atoms with Crippen LogP contribution < -0.4 is 4.90 Å². The number of nitrogens with zero attached hydrogens (tertiary/aromatic N) is 2. The highest BCUT2D eigenvalue weighted by Gasteiger charge is 2.41. The summed E-state index contributed by atoms with van der Waals surface area (Å²) >= 11 is 0. The summed E-state index contributed by atoms with van der Waals surface area (Å²) in [6.07, 6.45) is -2.85. The minimum absolute atomic E-state index is 0.00646. The number of carbonyl (C=O) groups is 3. The van der Waals surface area contributed by atoms with Crippen molar-refractivity contribution >= 4 is 23.5 Å². The Balaban J connectivity index is 1.69. The lowest BCUT2D eigenvalue weighted by Crippen LogP contribution is -2.55. The van der Waals surface area contributed by atoms with E-state index in [0.717, 1.165) is 5.56 Å². The Hall–Kier alpha value is -2.49. The summed E-state index contributed by atoms with van der Waals surface area (Å²) in [5.74, 6) is -1.43. The second-order valence-electron chi connectivity index (χ2n) is 8.60. The number of hydrogen-bond acceptors (Lipinski definition) is 7. The second kappa shape index (κ2) is 9.76. The van der Waals surface area contributed by atoms with Gasteiger partial charge >= 0.3 is 5.97 Å². The third kappa shape index (κ3) is 6.03. The summed E-state index contributed by atoms with van der Waals surface area (Å²) in [4.78, 5) is 40.9. The minimum atomic E-state index is -1.72. The molecule has 0 aliphatic carbocycles. The van der Waals surface area contributed by atoms with Gasteiger partial charge in [-0.2, -0.15) is 0 Å². The summed E-state index contributed by atoms with van der Waals surface area (Å²) in [5, 5.41) is 10.4. The van der Waals surface area contributed by atoms with Crippen molar-refractivity contribution < 1.29 is 33.7 Å². The van der Waals surface area contributed by atoms with Crippen LogP contribution >= 0.6 is 0 Å². The number of carbonyl (C=O) groups excluding carboxylic acids is 3. The summed E-state index contributed by atoms with van der Waals surface area (Å²) in [7, 11) is 0. The molecule has 9 heteroatoms. The number of ether oxygens (including phenoxy) is 3. The minimum Gasteiger partial charge on any atom is -0.458 e. The zero-order valence-corrected chi connectivity index (χ0v) is 18.2. The molecule has 9 nitrogen and oxygen atoms in total. The molecule has 1 aromatic carbocycles. The van der Waals surface area contributed by atoms with Crippen LogP contribution in [0, 0.1) is 0 Å². The normalized spacial score (nSPS) is 21.0. The van der Waals surface area contributed by atoms with Crippen LogP contribution in [0.1, 0.15) is 26.3 Å². The van der Waals surface area contributed by atoms with Gasteiger partial charge in [-0.25, -0.2) is 4.79 Å². The molecule has 0 spiro atoms. The van der Waals surface area contributed by atoms with Crippen molar-refractivity contribution in [3.63, 3.8) is 0 Å². The SMILES string of the molecule is CC(C)(C)OC(=O)[C@H](O)[C@H]1OCCN(c2cccc(CC(=O)N3CCOCC3)c2)C1=O. The number of amides is 2. The average Bonchev–Trinajstić information content (AvgIpc) is 2.73. The van der Waals surface area contributed by atoms with Crippen LogP contribution in [0.3, 0.4) is 0 Å². The summed E-state index contributed by atoms with van der Waals surface area (Å²) in [5.41, 5.74) is 0.566. The molecule has 2 fully saturated rings. The number of morpholine rings is 2. The van der Waals surface area contributed by atoms with Gasteiger partial charge in [-0.1, -0.05) is 12.1 Å². The molecule has 1 N–H and O–H groups in total. The van der Waals surface area contributed by atoms with E-state index in [9.17, 15) is 19.5 Å². The molecule has 2 heterocycles. The number of hydrogen-bond donors (Lipinski definition) is 1. The molecule has 1 aromatic rings.